The fraction of sp³-hybridized carbons (Fsp3) is 0.0833. The van der Waals surface area contributed by atoms with Crippen LogP contribution in [0, 0.1) is 0 Å². The molecular weight excluding hydrogens is 254 g/mol. The zero-order chi connectivity index (χ0) is 14.0. The molecule has 0 spiro atoms. The van der Waals surface area contributed by atoms with E-state index in [0.717, 1.165) is 0 Å². The Morgan fingerprint density at radius 3 is 2.53 bits per heavy atom. The van der Waals surface area contributed by atoms with E-state index in [1.165, 1.54) is 7.11 Å². The van der Waals surface area contributed by atoms with Crippen LogP contribution in [-0.4, -0.2) is 34.2 Å². The van der Waals surface area contributed by atoms with Crippen LogP contribution in [0.1, 0.15) is 21.0 Å². The lowest BCUT2D eigenvalue weighted by Gasteiger charge is -2.00. The number of nitrogens with zero attached hydrogens (tertiary/aromatic N) is 1. The summed E-state index contributed by atoms with van der Waals surface area (Å²) in [7, 11) is 1.47. The molecule has 1 aromatic carbocycles. The molecule has 2 aromatic rings. The van der Waals surface area contributed by atoms with Crippen molar-refractivity contribution in [1.82, 2.24) is 4.98 Å². The molecule has 1 heterocycles. The Morgan fingerprint density at radius 1 is 1.26 bits per heavy atom. The first-order chi connectivity index (χ1) is 9.02. The molecule has 0 bridgehead atoms. The van der Waals surface area contributed by atoms with Crippen molar-refractivity contribution < 1.29 is 29.0 Å². The molecule has 0 aliphatic heterocycles. The summed E-state index contributed by atoms with van der Waals surface area (Å²) in [5.74, 6) is -3.22. The van der Waals surface area contributed by atoms with Gasteiger partial charge >= 0.3 is 11.9 Å². The third-order valence-corrected chi connectivity index (χ3v) is 2.34. The van der Waals surface area contributed by atoms with Crippen LogP contribution in [0.2, 0.25) is 0 Å². The van der Waals surface area contributed by atoms with Gasteiger partial charge in [0, 0.05) is 5.56 Å². The molecule has 7 heteroatoms. The number of rotatable bonds is 4. The van der Waals surface area contributed by atoms with E-state index >= 15 is 0 Å². The highest BCUT2D eigenvalue weighted by Crippen LogP contribution is 2.25. The van der Waals surface area contributed by atoms with Gasteiger partial charge in [-0.25, -0.2) is 14.6 Å². The van der Waals surface area contributed by atoms with Gasteiger partial charge in [0.2, 0.25) is 17.3 Å². The Balaban J connectivity index is 2.53. The number of aromatic nitrogens is 1. The number of methoxy groups -OCH3 is 1. The molecule has 0 unspecified atom stereocenters. The van der Waals surface area contributed by atoms with E-state index in [0.29, 0.717) is 11.3 Å². The maximum atomic E-state index is 10.9. The molecule has 0 fully saturated rings. The molecule has 0 saturated carbocycles. The van der Waals surface area contributed by atoms with Crippen LogP contribution < -0.4 is 4.74 Å². The van der Waals surface area contributed by atoms with Crippen molar-refractivity contribution in [3.05, 3.63) is 35.7 Å². The number of carbonyl (C=O) groups is 2. The lowest BCUT2D eigenvalue weighted by atomic mass is 10.2. The maximum absolute atomic E-state index is 10.9. The van der Waals surface area contributed by atoms with Crippen LogP contribution in [0.5, 0.6) is 5.75 Å². The smallest absolute Gasteiger partial charge is 0.374 e. The van der Waals surface area contributed by atoms with E-state index in [9.17, 15) is 9.59 Å². The van der Waals surface area contributed by atoms with E-state index in [1.54, 1.807) is 24.3 Å². The number of ether oxygens (including phenoxy) is 1. The Hall–Kier alpha value is -2.83. The average molecular weight is 263 g/mol. The summed E-state index contributed by atoms with van der Waals surface area (Å²) in [5.41, 5.74) is -0.209. The van der Waals surface area contributed by atoms with Crippen molar-refractivity contribution >= 4 is 11.9 Å². The SMILES string of the molecule is COc1cccc(-c2nc(C(=O)O)c(C(=O)O)o2)c1. The van der Waals surface area contributed by atoms with Crippen molar-refractivity contribution in [2.24, 2.45) is 0 Å². The highest BCUT2D eigenvalue weighted by Gasteiger charge is 2.25. The first-order valence-electron chi connectivity index (χ1n) is 5.14. The minimum absolute atomic E-state index is 0.0892. The predicted molar refractivity (Wildman–Crippen MR) is 62.4 cm³/mol. The third kappa shape index (κ3) is 2.39. The van der Waals surface area contributed by atoms with Crippen molar-refractivity contribution in [3.8, 4) is 17.2 Å². The van der Waals surface area contributed by atoms with Crippen LogP contribution in [-0.2, 0) is 0 Å². The first-order valence-corrected chi connectivity index (χ1v) is 5.14. The lowest BCUT2D eigenvalue weighted by Crippen LogP contribution is -2.05. The number of hydrogen-bond donors (Lipinski definition) is 2. The highest BCUT2D eigenvalue weighted by atomic mass is 16.5. The summed E-state index contributed by atoms with van der Waals surface area (Å²) in [6.07, 6.45) is 0. The summed E-state index contributed by atoms with van der Waals surface area (Å²) in [4.78, 5) is 25.4. The molecule has 0 atom stereocenters. The molecule has 19 heavy (non-hydrogen) atoms. The normalized spacial score (nSPS) is 10.2. The minimum Gasteiger partial charge on any atom is -0.497 e. The number of oxazole rings is 1. The fourth-order valence-electron chi connectivity index (χ4n) is 1.49. The second kappa shape index (κ2) is 4.81. The van der Waals surface area contributed by atoms with Crippen LogP contribution >= 0.6 is 0 Å². The van der Waals surface area contributed by atoms with Gasteiger partial charge in [-0.2, -0.15) is 0 Å². The number of carboxylic acid groups (broad SMARTS) is 2. The second-order valence-electron chi connectivity index (χ2n) is 3.54. The van der Waals surface area contributed by atoms with E-state index in [-0.39, 0.29) is 5.89 Å². The fourth-order valence-corrected chi connectivity index (χ4v) is 1.49. The molecule has 0 saturated heterocycles. The lowest BCUT2D eigenvalue weighted by molar-refractivity contribution is 0.0624. The highest BCUT2D eigenvalue weighted by molar-refractivity contribution is 5.98. The molecule has 0 radical (unpaired) electrons. The van der Waals surface area contributed by atoms with Gasteiger partial charge in [0.1, 0.15) is 5.75 Å². The molecule has 0 aliphatic carbocycles. The molecule has 98 valence electrons. The summed E-state index contributed by atoms with van der Waals surface area (Å²) < 4.78 is 9.98. The Kier molecular flexibility index (Phi) is 3.19. The molecule has 0 amide bonds. The van der Waals surface area contributed by atoms with Crippen molar-refractivity contribution in [2.75, 3.05) is 7.11 Å². The number of aromatic carboxylic acids is 2. The molecule has 0 aliphatic rings. The van der Waals surface area contributed by atoms with Gasteiger partial charge in [-0.1, -0.05) is 6.07 Å². The van der Waals surface area contributed by atoms with Crippen molar-refractivity contribution in [3.63, 3.8) is 0 Å². The average Bonchev–Trinajstić information content (AvgIpc) is 2.84. The van der Waals surface area contributed by atoms with E-state index in [1.807, 2.05) is 0 Å². The monoisotopic (exact) mass is 263 g/mol. The van der Waals surface area contributed by atoms with Gasteiger partial charge in [0.25, 0.3) is 0 Å². The zero-order valence-corrected chi connectivity index (χ0v) is 9.78. The second-order valence-corrected chi connectivity index (χ2v) is 3.54. The zero-order valence-electron chi connectivity index (χ0n) is 9.78. The van der Waals surface area contributed by atoms with Gasteiger partial charge in [-0.15, -0.1) is 0 Å². The van der Waals surface area contributed by atoms with Gasteiger partial charge in [-0.3, -0.25) is 0 Å². The van der Waals surface area contributed by atoms with Gasteiger partial charge in [-0.05, 0) is 18.2 Å². The van der Waals surface area contributed by atoms with Crippen molar-refractivity contribution in [2.45, 2.75) is 0 Å². The molecule has 1 aromatic heterocycles. The van der Waals surface area contributed by atoms with Crippen LogP contribution in [0.15, 0.2) is 28.7 Å². The third-order valence-electron chi connectivity index (χ3n) is 2.34. The first kappa shape index (κ1) is 12.6. The van der Waals surface area contributed by atoms with E-state index in [4.69, 9.17) is 19.4 Å². The molecule has 2 rings (SSSR count). The standard InChI is InChI=1S/C12H9NO6/c1-18-7-4-2-3-6(5-7)10-13-8(11(14)15)9(19-10)12(16)17/h2-5H,1H3,(H,14,15)(H,16,17). The predicted octanol–water partition coefficient (Wildman–Crippen LogP) is 1.75. The maximum Gasteiger partial charge on any atom is 0.374 e. The Morgan fingerprint density at radius 2 is 2.00 bits per heavy atom. The largest absolute Gasteiger partial charge is 0.497 e. The minimum atomic E-state index is -1.49. The van der Waals surface area contributed by atoms with E-state index < -0.39 is 23.4 Å². The van der Waals surface area contributed by atoms with Crippen LogP contribution in [0.3, 0.4) is 0 Å². The number of carboxylic acids is 2. The van der Waals surface area contributed by atoms with Gasteiger partial charge in [0.15, 0.2) is 0 Å². The van der Waals surface area contributed by atoms with E-state index in [2.05, 4.69) is 4.98 Å². The topological polar surface area (TPSA) is 110 Å². The summed E-state index contributed by atoms with van der Waals surface area (Å²) in [6.45, 7) is 0. The Bertz CT molecular complexity index is 614. The quantitative estimate of drug-likeness (QED) is 0.864. The number of hydrogen-bond acceptors (Lipinski definition) is 5. The van der Waals surface area contributed by atoms with Crippen LogP contribution in [0.4, 0.5) is 0 Å². The molecular formula is C12H9NO6. The summed E-state index contributed by atoms with van der Waals surface area (Å²) in [6, 6.07) is 6.50. The molecule has 7 nitrogen and oxygen atoms in total. The summed E-state index contributed by atoms with van der Waals surface area (Å²) >= 11 is 0. The number of benzene rings is 1. The molecule has 2 N–H and O–H groups in total. The van der Waals surface area contributed by atoms with Crippen molar-refractivity contribution in [1.29, 1.82) is 0 Å². The van der Waals surface area contributed by atoms with Crippen LogP contribution in [0.25, 0.3) is 11.5 Å². The van der Waals surface area contributed by atoms with Gasteiger partial charge in [0.05, 0.1) is 7.11 Å². The Labute approximate surface area is 107 Å². The summed E-state index contributed by atoms with van der Waals surface area (Å²) in [5, 5.41) is 17.7. The van der Waals surface area contributed by atoms with Gasteiger partial charge < -0.3 is 19.4 Å².